The molecule has 16 heteroatoms. The summed E-state index contributed by atoms with van der Waals surface area (Å²) < 4.78 is 28.3. The molecule has 252 valence electrons. The van der Waals surface area contributed by atoms with Crippen molar-refractivity contribution in [3.8, 4) is 0 Å². The molecule has 0 radical (unpaired) electrons. The van der Waals surface area contributed by atoms with Gasteiger partial charge in [-0.15, -0.1) is 11.3 Å². The van der Waals surface area contributed by atoms with Gasteiger partial charge in [0.2, 0.25) is 21.8 Å². The Labute approximate surface area is 280 Å². The Bertz CT molecular complexity index is 1760. The number of benzene rings is 1. The molecule has 47 heavy (non-hydrogen) atoms. The molecule has 5 amide bonds. The highest BCUT2D eigenvalue weighted by Gasteiger charge is 2.62. The molecule has 3 fully saturated rings. The number of fused-ring (bicyclic) bond motifs is 3. The van der Waals surface area contributed by atoms with Gasteiger partial charge in [0.15, 0.2) is 0 Å². The van der Waals surface area contributed by atoms with Crippen LogP contribution in [0.2, 0.25) is 5.02 Å². The van der Waals surface area contributed by atoms with Crippen LogP contribution in [0.4, 0.5) is 4.79 Å². The smallest absolute Gasteiger partial charge is 0.405 e. The van der Waals surface area contributed by atoms with Gasteiger partial charge in [-0.2, -0.15) is 0 Å². The molecule has 13 nitrogen and oxygen atoms in total. The SMILES string of the molecule is O=C(O)N[C@H]1CCCCC/C=C/[C@@H]2C[C@@]2(C(=O)NS(=O)(=O)C2CC2)NC(=O)[C@@H]2C[C@@H](NC(=O)c3sc4ccccc4c3Cl)CN2C1=O. The van der Waals surface area contributed by atoms with Crippen LogP contribution in [-0.2, 0) is 24.4 Å². The minimum absolute atomic E-state index is 0.0236. The van der Waals surface area contributed by atoms with Gasteiger partial charge < -0.3 is 26.0 Å². The normalized spacial score (nSPS) is 29.0. The molecule has 5 atom stereocenters. The fourth-order valence-electron chi connectivity index (χ4n) is 6.47. The maximum atomic E-state index is 14.0. The number of rotatable bonds is 6. The molecule has 2 aliphatic heterocycles. The van der Waals surface area contributed by atoms with E-state index in [1.54, 1.807) is 6.07 Å². The van der Waals surface area contributed by atoms with E-state index in [0.717, 1.165) is 16.5 Å². The van der Waals surface area contributed by atoms with E-state index in [2.05, 4.69) is 20.7 Å². The number of amides is 5. The summed E-state index contributed by atoms with van der Waals surface area (Å²) in [5, 5.41) is 17.8. The fourth-order valence-corrected chi connectivity index (χ4v) is 9.25. The first-order chi connectivity index (χ1) is 22.4. The van der Waals surface area contributed by atoms with Crippen LogP contribution in [0.15, 0.2) is 36.4 Å². The molecular formula is C31H36ClN5O8S2. The number of halogens is 1. The summed E-state index contributed by atoms with van der Waals surface area (Å²) in [4.78, 5) is 68.0. The van der Waals surface area contributed by atoms with Crippen molar-refractivity contribution < 1.29 is 37.5 Å². The Morgan fingerprint density at radius 1 is 1.06 bits per heavy atom. The van der Waals surface area contributed by atoms with Gasteiger partial charge >= 0.3 is 6.09 Å². The molecule has 2 saturated carbocycles. The zero-order valence-corrected chi connectivity index (χ0v) is 27.8. The van der Waals surface area contributed by atoms with Crippen molar-refractivity contribution in [3.05, 3.63) is 46.3 Å². The molecule has 1 aromatic carbocycles. The zero-order chi connectivity index (χ0) is 33.5. The van der Waals surface area contributed by atoms with E-state index in [9.17, 15) is 37.5 Å². The number of thiophene rings is 1. The average molecular weight is 706 g/mol. The Kier molecular flexibility index (Phi) is 9.24. The van der Waals surface area contributed by atoms with Crippen molar-refractivity contribution in [2.45, 2.75) is 86.7 Å². The molecule has 0 bridgehead atoms. The summed E-state index contributed by atoms with van der Waals surface area (Å²) in [7, 11) is -3.90. The molecule has 1 aromatic heterocycles. The lowest BCUT2D eigenvalue weighted by atomic mass is 10.0. The summed E-state index contributed by atoms with van der Waals surface area (Å²) in [5.41, 5.74) is -1.53. The third-order valence-electron chi connectivity index (χ3n) is 9.26. The zero-order valence-electron chi connectivity index (χ0n) is 25.4. The van der Waals surface area contributed by atoms with Crippen LogP contribution in [-0.4, -0.2) is 83.6 Å². The lowest BCUT2D eigenvalue weighted by Crippen LogP contribution is -2.58. The molecule has 1 saturated heterocycles. The van der Waals surface area contributed by atoms with E-state index in [1.807, 2.05) is 30.4 Å². The van der Waals surface area contributed by atoms with Crippen molar-refractivity contribution in [2.24, 2.45) is 5.92 Å². The van der Waals surface area contributed by atoms with E-state index < -0.39 is 74.6 Å². The van der Waals surface area contributed by atoms with E-state index >= 15 is 0 Å². The van der Waals surface area contributed by atoms with Gasteiger partial charge in [-0.3, -0.25) is 23.9 Å². The Hall–Kier alpha value is -3.69. The first kappa shape index (κ1) is 33.2. The number of carboxylic acid groups (broad SMARTS) is 1. The van der Waals surface area contributed by atoms with Crippen molar-refractivity contribution in [2.75, 3.05) is 6.54 Å². The van der Waals surface area contributed by atoms with Gasteiger partial charge in [0, 0.05) is 28.6 Å². The molecule has 5 N–H and O–H groups in total. The van der Waals surface area contributed by atoms with Crippen LogP contribution in [0.3, 0.4) is 0 Å². The van der Waals surface area contributed by atoms with Crippen LogP contribution in [0, 0.1) is 5.92 Å². The largest absolute Gasteiger partial charge is 0.465 e. The van der Waals surface area contributed by atoms with Gasteiger partial charge in [0.1, 0.15) is 22.5 Å². The molecule has 4 aliphatic rings. The minimum Gasteiger partial charge on any atom is -0.465 e. The van der Waals surface area contributed by atoms with Crippen LogP contribution < -0.4 is 20.7 Å². The summed E-state index contributed by atoms with van der Waals surface area (Å²) in [5.74, 6) is -3.09. The number of hydrogen-bond donors (Lipinski definition) is 5. The number of carbonyl (C=O) groups excluding carboxylic acids is 4. The van der Waals surface area contributed by atoms with Gasteiger partial charge in [-0.1, -0.05) is 54.8 Å². The minimum atomic E-state index is -3.90. The van der Waals surface area contributed by atoms with Gasteiger partial charge in [0.05, 0.1) is 10.3 Å². The molecule has 0 unspecified atom stereocenters. The third-order valence-corrected chi connectivity index (χ3v) is 12.7. The number of nitrogens with one attached hydrogen (secondary N) is 4. The second-order valence-electron chi connectivity index (χ2n) is 12.7. The highest BCUT2D eigenvalue weighted by molar-refractivity contribution is 7.91. The quantitative estimate of drug-likeness (QED) is 0.284. The maximum absolute atomic E-state index is 14.0. The van der Waals surface area contributed by atoms with Crippen LogP contribution >= 0.6 is 22.9 Å². The number of nitrogens with zero attached hydrogens (tertiary/aromatic N) is 1. The second-order valence-corrected chi connectivity index (χ2v) is 16.1. The maximum Gasteiger partial charge on any atom is 0.405 e. The Balaban J connectivity index is 1.28. The molecular weight excluding hydrogens is 670 g/mol. The second kappa shape index (κ2) is 13.1. The number of allylic oxidation sites excluding steroid dienone is 1. The third kappa shape index (κ3) is 6.97. The summed E-state index contributed by atoms with van der Waals surface area (Å²) >= 11 is 7.74. The van der Waals surface area contributed by atoms with Gasteiger partial charge in [-0.25, -0.2) is 13.2 Å². The topological polar surface area (TPSA) is 191 Å². The van der Waals surface area contributed by atoms with E-state index in [0.29, 0.717) is 32.1 Å². The fraction of sp³-hybridized carbons (Fsp3) is 0.516. The first-order valence-electron chi connectivity index (χ1n) is 15.7. The van der Waals surface area contributed by atoms with E-state index in [-0.39, 0.29) is 35.7 Å². The van der Waals surface area contributed by atoms with Gasteiger partial charge in [0.25, 0.3) is 11.8 Å². The lowest BCUT2D eigenvalue weighted by Gasteiger charge is -2.29. The van der Waals surface area contributed by atoms with Crippen molar-refractivity contribution in [1.29, 1.82) is 0 Å². The predicted octanol–water partition coefficient (Wildman–Crippen LogP) is 2.89. The van der Waals surface area contributed by atoms with Crippen LogP contribution in [0.1, 0.15) is 67.5 Å². The monoisotopic (exact) mass is 705 g/mol. The van der Waals surface area contributed by atoms with E-state index in [1.165, 1.54) is 16.2 Å². The molecule has 2 aliphatic carbocycles. The highest BCUT2D eigenvalue weighted by Crippen LogP contribution is 2.46. The van der Waals surface area contributed by atoms with Crippen LogP contribution in [0.5, 0.6) is 0 Å². The average Bonchev–Trinajstić information content (AvgIpc) is 3.92. The Morgan fingerprint density at radius 2 is 1.83 bits per heavy atom. The van der Waals surface area contributed by atoms with Crippen LogP contribution in [0.25, 0.3) is 10.1 Å². The number of hydrogen-bond acceptors (Lipinski definition) is 8. The highest BCUT2D eigenvalue weighted by atomic mass is 35.5. The van der Waals surface area contributed by atoms with Crippen molar-refractivity contribution >= 4 is 72.8 Å². The standard InChI is InChI=1S/C31H36ClN5O8S2/c32-24-20-9-6-7-11-23(20)46-25(24)27(39)33-18-14-22-26(38)35-31(29(41)36-47(44,45)19-12-13-19)15-17(31)8-4-2-1-3-5-10-21(34-30(42)43)28(40)37(22)16-18/h4,6-9,11,17-19,21-22,34H,1-3,5,10,12-16H2,(H,33,39)(H,35,38)(H,36,41)(H,42,43)/b8-4+/t17-,18-,21+,22+,31-/m1/s1. The first-order valence-corrected chi connectivity index (χ1v) is 18.5. The number of sulfonamides is 1. The van der Waals surface area contributed by atoms with Gasteiger partial charge in [-0.05, 0) is 51.0 Å². The summed E-state index contributed by atoms with van der Waals surface area (Å²) in [6, 6.07) is 4.27. The molecule has 3 heterocycles. The van der Waals surface area contributed by atoms with Crippen molar-refractivity contribution in [3.63, 3.8) is 0 Å². The lowest BCUT2D eigenvalue weighted by molar-refractivity contribution is -0.141. The predicted molar refractivity (Wildman–Crippen MR) is 174 cm³/mol. The summed E-state index contributed by atoms with van der Waals surface area (Å²) in [6.07, 6.45) is 6.26. The Morgan fingerprint density at radius 3 is 2.55 bits per heavy atom. The molecule has 2 aromatic rings. The van der Waals surface area contributed by atoms with E-state index in [4.69, 9.17) is 11.6 Å². The molecule has 6 rings (SSSR count). The molecule has 0 spiro atoms. The van der Waals surface area contributed by atoms with Crippen molar-refractivity contribution in [1.82, 2.24) is 25.6 Å². The number of carbonyl (C=O) groups is 5. The summed E-state index contributed by atoms with van der Waals surface area (Å²) in [6.45, 7) is -0.0957.